The molecule has 2 aromatic rings. The van der Waals surface area contributed by atoms with E-state index in [0.717, 1.165) is 17.2 Å². The van der Waals surface area contributed by atoms with Crippen LogP contribution in [0, 0.1) is 0 Å². The summed E-state index contributed by atoms with van der Waals surface area (Å²) in [5, 5.41) is 7.97. The number of anilines is 1. The topological polar surface area (TPSA) is 39.1 Å². The SMILES string of the molecule is C/C=C(\Nc1cc(C(C)(C)C)nn1-c1ccccc1)OCC(Cl)(Cl)Cl. The zero-order valence-corrected chi connectivity index (χ0v) is 17.0. The summed E-state index contributed by atoms with van der Waals surface area (Å²) in [4.78, 5) is 0. The van der Waals surface area contributed by atoms with Crippen LogP contribution in [0.15, 0.2) is 48.4 Å². The predicted octanol–water partition coefficient (Wildman–Crippen LogP) is 5.83. The molecule has 1 N–H and O–H groups in total. The molecule has 0 aliphatic heterocycles. The number of halogens is 3. The first-order chi connectivity index (χ1) is 11.6. The molecular weight excluding hydrogens is 381 g/mol. The van der Waals surface area contributed by atoms with E-state index in [0.29, 0.717) is 5.88 Å². The van der Waals surface area contributed by atoms with Crippen LogP contribution in [0.3, 0.4) is 0 Å². The highest BCUT2D eigenvalue weighted by Crippen LogP contribution is 2.29. The number of hydrogen-bond donors (Lipinski definition) is 1. The highest BCUT2D eigenvalue weighted by molar-refractivity contribution is 6.67. The first-order valence-corrected chi connectivity index (χ1v) is 9.02. The Morgan fingerprint density at radius 3 is 2.36 bits per heavy atom. The first kappa shape index (κ1) is 20.0. The van der Waals surface area contributed by atoms with Gasteiger partial charge in [-0.2, -0.15) is 5.10 Å². The average Bonchev–Trinajstić information content (AvgIpc) is 2.95. The maximum absolute atomic E-state index is 5.76. The molecule has 0 bridgehead atoms. The van der Waals surface area contributed by atoms with E-state index >= 15 is 0 Å². The summed E-state index contributed by atoms with van der Waals surface area (Å²) < 4.78 is 5.91. The van der Waals surface area contributed by atoms with Crippen LogP contribution in [0.5, 0.6) is 0 Å². The Bertz CT molecular complexity index is 728. The highest BCUT2D eigenvalue weighted by atomic mass is 35.6. The zero-order chi connectivity index (χ0) is 18.7. The molecule has 0 spiro atoms. The monoisotopic (exact) mass is 401 g/mol. The minimum atomic E-state index is -1.48. The fourth-order valence-corrected chi connectivity index (χ4v) is 2.24. The van der Waals surface area contributed by atoms with Crippen LogP contribution in [0.4, 0.5) is 5.82 Å². The smallest absolute Gasteiger partial charge is 0.224 e. The fourth-order valence-electron chi connectivity index (χ4n) is 2.08. The molecule has 0 aliphatic carbocycles. The molecule has 7 heteroatoms. The van der Waals surface area contributed by atoms with Gasteiger partial charge in [0.15, 0.2) is 5.88 Å². The van der Waals surface area contributed by atoms with Gasteiger partial charge in [-0.25, -0.2) is 4.68 Å². The summed E-state index contributed by atoms with van der Waals surface area (Å²) in [6.45, 7) is 8.13. The lowest BCUT2D eigenvalue weighted by atomic mass is 9.92. The number of aromatic nitrogens is 2. The molecule has 1 heterocycles. The molecule has 136 valence electrons. The lowest BCUT2D eigenvalue weighted by molar-refractivity contribution is 0.223. The number of nitrogens with zero attached hydrogens (tertiary/aromatic N) is 2. The molecule has 0 atom stereocenters. The average molecular weight is 403 g/mol. The van der Waals surface area contributed by atoms with Gasteiger partial charge in [0.1, 0.15) is 12.4 Å². The van der Waals surface area contributed by atoms with Crippen molar-refractivity contribution in [2.75, 3.05) is 11.9 Å². The fraction of sp³-hybridized carbons (Fsp3) is 0.389. The van der Waals surface area contributed by atoms with Crippen molar-refractivity contribution in [3.05, 3.63) is 54.1 Å². The number of rotatable bonds is 5. The number of nitrogens with one attached hydrogen (secondary N) is 1. The second kappa shape index (κ2) is 7.90. The minimum Gasteiger partial charge on any atom is -0.475 e. The highest BCUT2D eigenvalue weighted by Gasteiger charge is 2.23. The van der Waals surface area contributed by atoms with Crippen LogP contribution in [-0.2, 0) is 10.2 Å². The number of alkyl halides is 3. The van der Waals surface area contributed by atoms with Gasteiger partial charge in [-0.3, -0.25) is 0 Å². The number of para-hydroxylation sites is 1. The summed E-state index contributed by atoms with van der Waals surface area (Å²) >= 11 is 17.3. The Kier molecular flexibility index (Phi) is 6.30. The third-order valence-electron chi connectivity index (χ3n) is 3.38. The van der Waals surface area contributed by atoms with E-state index in [9.17, 15) is 0 Å². The molecule has 2 rings (SSSR count). The van der Waals surface area contributed by atoms with Gasteiger partial charge in [-0.05, 0) is 25.1 Å². The maximum Gasteiger partial charge on any atom is 0.224 e. The minimum absolute atomic E-state index is 0.0596. The molecule has 1 aromatic carbocycles. The Labute approximate surface area is 163 Å². The van der Waals surface area contributed by atoms with Crippen LogP contribution >= 0.6 is 34.8 Å². The molecule has 0 saturated carbocycles. The standard InChI is InChI=1S/C18H22Cl3N3O/c1-5-16(25-12-18(19,20)21)22-15-11-14(17(2,3)4)23-24(15)13-9-7-6-8-10-13/h5-11,22H,12H2,1-4H3/b16-5+. The Balaban J connectivity index is 2.34. The predicted molar refractivity (Wildman–Crippen MR) is 106 cm³/mol. The van der Waals surface area contributed by atoms with E-state index in [-0.39, 0.29) is 12.0 Å². The second-order valence-corrected chi connectivity index (χ2v) is 9.11. The van der Waals surface area contributed by atoms with Crippen molar-refractivity contribution in [2.24, 2.45) is 0 Å². The molecule has 1 aromatic heterocycles. The number of hydrogen-bond acceptors (Lipinski definition) is 3. The Morgan fingerprint density at radius 2 is 1.84 bits per heavy atom. The Hall–Kier alpha value is -1.36. The van der Waals surface area contributed by atoms with Gasteiger partial charge in [-0.15, -0.1) is 0 Å². The summed E-state index contributed by atoms with van der Waals surface area (Å²) in [5.41, 5.74) is 1.80. The molecule has 0 unspecified atom stereocenters. The van der Waals surface area contributed by atoms with Gasteiger partial charge in [0.25, 0.3) is 0 Å². The van der Waals surface area contributed by atoms with E-state index in [4.69, 9.17) is 44.6 Å². The number of ether oxygens (including phenoxy) is 1. The number of allylic oxidation sites excluding steroid dienone is 1. The van der Waals surface area contributed by atoms with Crippen LogP contribution in [0.2, 0.25) is 0 Å². The lowest BCUT2D eigenvalue weighted by Gasteiger charge is -2.17. The zero-order valence-electron chi connectivity index (χ0n) is 14.7. The van der Waals surface area contributed by atoms with Crippen molar-refractivity contribution >= 4 is 40.6 Å². The molecular formula is C18H22Cl3N3O. The van der Waals surface area contributed by atoms with E-state index in [1.54, 1.807) is 6.08 Å². The van der Waals surface area contributed by atoms with Gasteiger partial charge in [0.2, 0.25) is 3.79 Å². The normalized spacial score (nSPS) is 13.0. The Morgan fingerprint density at radius 1 is 1.20 bits per heavy atom. The summed E-state index contributed by atoms with van der Waals surface area (Å²) in [6.07, 6.45) is 1.77. The van der Waals surface area contributed by atoms with Crippen molar-refractivity contribution in [3.63, 3.8) is 0 Å². The second-order valence-electron chi connectivity index (χ2n) is 6.59. The van der Waals surface area contributed by atoms with Crippen LogP contribution in [-0.4, -0.2) is 20.2 Å². The van der Waals surface area contributed by atoms with Crippen molar-refractivity contribution in [1.29, 1.82) is 0 Å². The maximum atomic E-state index is 5.76. The molecule has 0 fully saturated rings. The van der Waals surface area contributed by atoms with Gasteiger partial charge in [0, 0.05) is 11.5 Å². The van der Waals surface area contributed by atoms with E-state index < -0.39 is 3.79 Å². The summed E-state index contributed by atoms with van der Waals surface area (Å²) in [5.74, 6) is 1.26. The van der Waals surface area contributed by atoms with Gasteiger partial charge in [-0.1, -0.05) is 73.8 Å². The molecule has 4 nitrogen and oxygen atoms in total. The van der Waals surface area contributed by atoms with Crippen molar-refractivity contribution in [2.45, 2.75) is 36.9 Å². The molecule has 25 heavy (non-hydrogen) atoms. The molecule has 0 aliphatic rings. The third-order valence-corrected chi connectivity index (χ3v) is 3.71. The molecule has 0 saturated heterocycles. The number of benzene rings is 1. The largest absolute Gasteiger partial charge is 0.475 e. The van der Waals surface area contributed by atoms with E-state index in [1.165, 1.54) is 0 Å². The third kappa shape index (κ3) is 5.84. The van der Waals surface area contributed by atoms with Crippen LogP contribution < -0.4 is 5.32 Å². The summed E-state index contributed by atoms with van der Waals surface area (Å²) in [6, 6.07) is 11.9. The van der Waals surface area contributed by atoms with Gasteiger partial charge < -0.3 is 10.1 Å². The molecule has 0 radical (unpaired) electrons. The van der Waals surface area contributed by atoms with E-state index in [1.807, 2.05) is 48.0 Å². The summed E-state index contributed by atoms with van der Waals surface area (Å²) in [7, 11) is 0. The van der Waals surface area contributed by atoms with Crippen LogP contribution in [0.25, 0.3) is 5.69 Å². The lowest BCUT2D eigenvalue weighted by Crippen LogP contribution is -2.16. The first-order valence-electron chi connectivity index (χ1n) is 7.89. The van der Waals surface area contributed by atoms with E-state index in [2.05, 4.69) is 26.1 Å². The molecule has 0 amide bonds. The quantitative estimate of drug-likeness (QED) is 0.505. The van der Waals surface area contributed by atoms with Gasteiger partial charge in [0.05, 0.1) is 11.4 Å². The van der Waals surface area contributed by atoms with Crippen molar-refractivity contribution in [1.82, 2.24) is 9.78 Å². The van der Waals surface area contributed by atoms with Crippen LogP contribution in [0.1, 0.15) is 33.4 Å². The van der Waals surface area contributed by atoms with Crippen molar-refractivity contribution < 1.29 is 4.74 Å². The van der Waals surface area contributed by atoms with Gasteiger partial charge >= 0.3 is 0 Å². The van der Waals surface area contributed by atoms with Crippen molar-refractivity contribution in [3.8, 4) is 5.69 Å².